The molecule has 1 fully saturated rings. The number of carbonyl (C=O) groups excluding carboxylic acids is 1. The minimum atomic E-state index is 0.488. The van der Waals surface area contributed by atoms with Gasteiger partial charge in [0.15, 0.2) is 0 Å². The molecule has 2 heteroatoms. The molecule has 15 heavy (non-hydrogen) atoms. The lowest BCUT2D eigenvalue weighted by atomic mass is 9.96. The quantitative estimate of drug-likeness (QED) is 0.710. The predicted molar refractivity (Wildman–Crippen MR) is 62.6 cm³/mol. The van der Waals surface area contributed by atoms with Crippen LogP contribution in [0.2, 0.25) is 0 Å². The molecule has 1 nitrogen and oxygen atoms in total. The smallest absolute Gasteiger partial charge is 0.133 e. The number of fused-ring (bicyclic) bond motifs is 3. The summed E-state index contributed by atoms with van der Waals surface area (Å²) in [4.78, 5) is 14.5. The molecule has 2 aliphatic carbocycles. The van der Waals surface area contributed by atoms with Gasteiger partial charge in [-0.3, -0.25) is 4.79 Å². The van der Waals surface area contributed by atoms with Crippen molar-refractivity contribution in [3.8, 4) is 0 Å². The van der Waals surface area contributed by atoms with E-state index in [4.69, 9.17) is 0 Å². The fraction of sp³-hybridized carbons (Fsp3) is 0.615. The highest BCUT2D eigenvalue weighted by Crippen LogP contribution is 2.51. The van der Waals surface area contributed by atoms with Crippen LogP contribution in [0.1, 0.15) is 46.6 Å². The zero-order chi connectivity index (χ0) is 10.6. The molecule has 1 aromatic heterocycles. The van der Waals surface area contributed by atoms with Crippen molar-refractivity contribution in [1.29, 1.82) is 0 Å². The maximum absolute atomic E-state index is 11.5. The lowest BCUT2D eigenvalue weighted by Crippen LogP contribution is -1.99. The van der Waals surface area contributed by atoms with Crippen molar-refractivity contribution < 1.29 is 4.79 Å². The topological polar surface area (TPSA) is 17.1 Å². The normalized spacial score (nSPS) is 28.3. The zero-order valence-electron chi connectivity index (χ0n) is 9.30. The number of Topliss-reactive ketones (excluding diaryl/α,β-unsaturated/α-hetero) is 1. The van der Waals surface area contributed by atoms with Crippen LogP contribution >= 0.6 is 11.3 Å². The highest BCUT2D eigenvalue weighted by atomic mass is 32.1. The number of ketones is 1. The Morgan fingerprint density at radius 3 is 2.87 bits per heavy atom. The Balaban J connectivity index is 2.09. The summed E-state index contributed by atoms with van der Waals surface area (Å²) in [6.07, 6.45) is 3.97. The average Bonchev–Trinajstić information content (AvgIpc) is 2.77. The van der Waals surface area contributed by atoms with Crippen LogP contribution in [-0.4, -0.2) is 5.78 Å². The summed E-state index contributed by atoms with van der Waals surface area (Å²) in [6, 6.07) is 0. The van der Waals surface area contributed by atoms with Crippen molar-refractivity contribution in [3.63, 3.8) is 0 Å². The molecule has 0 aliphatic heterocycles. The molecule has 0 radical (unpaired) electrons. The van der Waals surface area contributed by atoms with Gasteiger partial charge >= 0.3 is 0 Å². The molecule has 2 aliphatic rings. The van der Waals surface area contributed by atoms with Crippen LogP contribution in [0.15, 0.2) is 0 Å². The van der Waals surface area contributed by atoms with E-state index in [1.807, 2.05) is 11.3 Å². The van der Waals surface area contributed by atoms with Gasteiger partial charge < -0.3 is 0 Å². The van der Waals surface area contributed by atoms with E-state index < -0.39 is 0 Å². The second kappa shape index (κ2) is 3.18. The van der Waals surface area contributed by atoms with E-state index in [0.717, 1.165) is 19.3 Å². The largest absolute Gasteiger partial charge is 0.300 e. The molecule has 0 spiro atoms. The Hall–Kier alpha value is -0.630. The standard InChI is InChI=1S/C13H16OS/c1-3-12-13-10(7(2)15-12)5-8-4-9(14)6-11(8)13/h8,11H,3-6H2,1-2H3. The molecule has 1 heterocycles. The summed E-state index contributed by atoms with van der Waals surface area (Å²) in [7, 11) is 0. The number of thiophene rings is 1. The molecular weight excluding hydrogens is 204 g/mol. The minimum absolute atomic E-state index is 0.488. The van der Waals surface area contributed by atoms with Crippen LogP contribution in [0.3, 0.4) is 0 Å². The zero-order valence-corrected chi connectivity index (χ0v) is 10.1. The Bertz CT molecular complexity index is 430. The summed E-state index contributed by atoms with van der Waals surface area (Å²) in [5.41, 5.74) is 3.18. The average molecular weight is 220 g/mol. The maximum atomic E-state index is 11.5. The Kier molecular flexibility index (Phi) is 2.03. The lowest BCUT2D eigenvalue weighted by molar-refractivity contribution is -0.117. The van der Waals surface area contributed by atoms with Crippen LogP contribution < -0.4 is 0 Å². The molecule has 1 aromatic rings. The van der Waals surface area contributed by atoms with Crippen molar-refractivity contribution in [2.24, 2.45) is 5.92 Å². The highest BCUT2D eigenvalue weighted by molar-refractivity contribution is 7.12. The van der Waals surface area contributed by atoms with Gasteiger partial charge in [0.1, 0.15) is 5.78 Å². The summed E-state index contributed by atoms with van der Waals surface area (Å²) in [5.74, 6) is 1.73. The van der Waals surface area contributed by atoms with Gasteiger partial charge in [-0.15, -0.1) is 11.3 Å². The van der Waals surface area contributed by atoms with Crippen LogP contribution in [0.4, 0.5) is 0 Å². The van der Waals surface area contributed by atoms with Gasteiger partial charge in [-0.05, 0) is 42.7 Å². The summed E-state index contributed by atoms with van der Waals surface area (Å²) < 4.78 is 0. The highest BCUT2D eigenvalue weighted by Gasteiger charge is 2.42. The molecule has 3 rings (SSSR count). The summed E-state index contributed by atoms with van der Waals surface area (Å²) >= 11 is 1.96. The number of hydrogen-bond acceptors (Lipinski definition) is 2. The van der Waals surface area contributed by atoms with E-state index in [0.29, 0.717) is 17.6 Å². The second-order valence-electron chi connectivity index (χ2n) is 4.84. The van der Waals surface area contributed by atoms with Crippen LogP contribution in [0, 0.1) is 12.8 Å². The molecule has 0 bridgehead atoms. The predicted octanol–water partition coefficient (Wildman–Crippen LogP) is 3.24. The third-order valence-corrected chi connectivity index (χ3v) is 5.30. The first kappa shape index (κ1) is 9.59. The Labute approximate surface area is 94.5 Å². The molecular formula is C13H16OS. The van der Waals surface area contributed by atoms with Gasteiger partial charge in [0.05, 0.1) is 0 Å². The van der Waals surface area contributed by atoms with Gasteiger partial charge in [-0.1, -0.05) is 6.92 Å². The number of rotatable bonds is 1. The Morgan fingerprint density at radius 2 is 2.13 bits per heavy atom. The minimum Gasteiger partial charge on any atom is -0.300 e. The SMILES string of the molecule is CCc1sc(C)c2c1C1CC(=O)CC1C2. The molecule has 80 valence electrons. The van der Waals surface area contributed by atoms with Crippen LogP contribution in [0.5, 0.6) is 0 Å². The maximum Gasteiger partial charge on any atom is 0.133 e. The summed E-state index contributed by atoms with van der Waals surface area (Å²) in [5, 5.41) is 0. The first-order valence-electron chi connectivity index (χ1n) is 5.83. The van der Waals surface area contributed by atoms with E-state index in [9.17, 15) is 4.79 Å². The first-order chi connectivity index (χ1) is 7.20. The van der Waals surface area contributed by atoms with Gasteiger partial charge in [-0.2, -0.15) is 0 Å². The van der Waals surface area contributed by atoms with E-state index in [-0.39, 0.29) is 0 Å². The number of carbonyl (C=O) groups is 1. The lowest BCUT2D eigenvalue weighted by Gasteiger charge is -2.09. The third kappa shape index (κ3) is 1.24. The van der Waals surface area contributed by atoms with E-state index in [1.54, 1.807) is 16.0 Å². The van der Waals surface area contributed by atoms with Crippen molar-refractivity contribution in [3.05, 3.63) is 20.9 Å². The first-order valence-corrected chi connectivity index (χ1v) is 6.65. The van der Waals surface area contributed by atoms with Crippen LogP contribution in [-0.2, 0) is 17.6 Å². The van der Waals surface area contributed by atoms with Gasteiger partial charge in [0.2, 0.25) is 0 Å². The molecule has 0 aromatic carbocycles. The third-order valence-electron chi connectivity index (χ3n) is 3.99. The van der Waals surface area contributed by atoms with E-state index in [1.165, 1.54) is 11.3 Å². The fourth-order valence-corrected chi connectivity index (χ4v) is 4.57. The van der Waals surface area contributed by atoms with Gasteiger partial charge in [-0.25, -0.2) is 0 Å². The van der Waals surface area contributed by atoms with Crippen molar-refractivity contribution in [2.45, 2.75) is 45.4 Å². The van der Waals surface area contributed by atoms with E-state index in [2.05, 4.69) is 13.8 Å². The molecule has 1 saturated carbocycles. The van der Waals surface area contributed by atoms with E-state index >= 15 is 0 Å². The van der Waals surface area contributed by atoms with Crippen molar-refractivity contribution in [1.82, 2.24) is 0 Å². The van der Waals surface area contributed by atoms with Gasteiger partial charge in [0, 0.05) is 22.6 Å². The number of aryl methyl sites for hydroxylation is 2. The fourth-order valence-electron chi connectivity index (χ4n) is 3.35. The Morgan fingerprint density at radius 1 is 1.33 bits per heavy atom. The second-order valence-corrected chi connectivity index (χ2v) is 6.15. The summed E-state index contributed by atoms with van der Waals surface area (Å²) in [6.45, 7) is 4.47. The molecule has 2 unspecified atom stereocenters. The van der Waals surface area contributed by atoms with Crippen LogP contribution in [0.25, 0.3) is 0 Å². The number of hydrogen-bond donors (Lipinski definition) is 0. The molecule has 0 amide bonds. The molecule has 0 saturated heterocycles. The monoisotopic (exact) mass is 220 g/mol. The van der Waals surface area contributed by atoms with Gasteiger partial charge in [0.25, 0.3) is 0 Å². The molecule has 2 atom stereocenters. The van der Waals surface area contributed by atoms with Crippen molar-refractivity contribution >= 4 is 17.1 Å². The van der Waals surface area contributed by atoms with Crippen molar-refractivity contribution in [2.75, 3.05) is 0 Å². The molecule has 0 N–H and O–H groups in total.